The van der Waals surface area contributed by atoms with Crippen LogP contribution in [0.5, 0.6) is 0 Å². The minimum atomic E-state index is 0.122. The molecule has 1 aliphatic carbocycles. The molecule has 1 saturated carbocycles. The van der Waals surface area contributed by atoms with E-state index >= 15 is 0 Å². The summed E-state index contributed by atoms with van der Waals surface area (Å²) in [6.45, 7) is 6.51. The molecule has 1 fully saturated rings. The fourth-order valence-electron chi connectivity index (χ4n) is 2.16. The zero-order valence-electron chi connectivity index (χ0n) is 10.4. The Kier molecular flexibility index (Phi) is 3.20. The predicted molar refractivity (Wildman–Crippen MR) is 69.9 cm³/mol. The van der Waals surface area contributed by atoms with Crippen molar-refractivity contribution in [3.63, 3.8) is 0 Å². The molecule has 0 atom stereocenters. The second-order valence-electron chi connectivity index (χ2n) is 4.88. The molecule has 16 heavy (non-hydrogen) atoms. The van der Waals surface area contributed by atoms with Gasteiger partial charge in [0.2, 0.25) is 0 Å². The molecular weight excluding hydrogens is 196 g/mol. The van der Waals surface area contributed by atoms with E-state index in [1.807, 2.05) is 0 Å². The van der Waals surface area contributed by atoms with Gasteiger partial charge in [-0.25, -0.2) is 0 Å². The number of benzene rings is 1. The molecule has 0 bridgehead atoms. The van der Waals surface area contributed by atoms with Crippen LogP contribution in [0.25, 0.3) is 0 Å². The predicted octanol–water partition coefficient (Wildman–Crippen LogP) is 2.57. The number of hydrogen-bond acceptors (Lipinski definition) is 2. The van der Waals surface area contributed by atoms with Crippen molar-refractivity contribution >= 4 is 5.69 Å². The third-order valence-corrected chi connectivity index (χ3v) is 3.51. The van der Waals surface area contributed by atoms with Crippen molar-refractivity contribution in [3.05, 3.63) is 29.8 Å². The number of nitrogens with two attached hydrogens (primary N) is 1. The van der Waals surface area contributed by atoms with Crippen LogP contribution in [0.1, 0.15) is 32.3 Å². The van der Waals surface area contributed by atoms with Crippen LogP contribution in [0.3, 0.4) is 0 Å². The lowest BCUT2D eigenvalue weighted by atomic mass is 10.0. The normalized spacial score (nSPS) is 17.2. The van der Waals surface area contributed by atoms with Crippen LogP contribution in [-0.4, -0.2) is 18.6 Å². The summed E-state index contributed by atoms with van der Waals surface area (Å²) in [6, 6.07) is 8.88. The first kappa shape index (κ1) is 11.5. The third kappa shape index (κ3) is 2.56. The van der Waals surface area contributed by atoms with Gasteiger partial charge >= 0.3 is 0 Å². The Morgan fingerprint density at radius 1 is 1.12 bits per heavy atom. The van der Waals surface area contributed by atoms with E-state index in [-0.39, 0.29) is 5.54 Å². The summed E-state index contributed by atoms with van der Waals surface area (Å²) in [7, 11) is 0. The van der Waals surface area contributed by atoms with Gasteiger partial charge in [-0.05, 0) is 50.8 Å². The van der Waals surface area contributed by atoms with E-state index in [1.165, 1.54) is 24.1 Å². The lowest BCUT2D eigenvalue weighted by Gasteiger charge is -2.21. The van der Waals surface area contributed by atoms with E-state index in [2.05, 4.69) is 43.0 Å². The zero-order chi connectivity index (χ0) is 11.6. The van der Waals surface area contributed by atoms with Crippen molar-refractivity contribution in [3.8, 4) is 0 Å². The smallest absolute Gasteiger partial charge is 0.0366 e. The summed E-state index contributed by atoms with van der Waals surface area (Å²) < 4.78 is 0. The van der Waals surface area contributed by atoms with Gasteiger partial charge in [-0.3, -0.25) is 0 Å². The Labute approximate surface area is 98.4 Å². The minimum absolute atomic E-state index is 0.122. The van der Waals surface area contributed by atoms with E-state index < -0.39 is 0 Å². The average Bonchev–Trinajstić information content (AvgIpc) is 3.00. The summed E-state index contributed by atoms with van der Waals surface area (Å²) in [5.41, 5.74) is 8.93. The van der Waals surface area contributed by atoms with E-state index in [4.69, 9.17) is 5.73 Å². The van der Waals surface area contributed by atoms with E-state index in [1.54, 1.807) is 0 Å². The Hall–Kier alpha value is -1.02. The topological polar surface area (TPSA) is 29.3 Å². The molecule has 2 heteroatoms. The molecule has 2 N–H and O–H groups in total. The van der Waals surface area contributed by atoms with Crippen molar-refractivity contribution < 1.29 is 0 Å². The maximum absolute atomic E-state index is 6.12. The highest BCUT2D eigenvalue weighted by atomic mass is 15.1. The van der Waals surface area contributed by atoms with Crippen LogP contribution in [0, 0.1) is 0 Å². The first-order chi connectivity index (χ1) is 7.67. The molecule has 0 aromatic heterocycles. The Balaban J connectivity index is 2.03. The van der Waals surface area contributed by atoms with Gasteiger partial charge in [-0.15, -0.1) is 0 Å². The van der Waals surface area contributed by atoms with Crippen LogP contribution in [0.15, 0.2) is 24.3 Å². The minimum Gasteiger partial charge on any atom is -0.372 e. The van der Waals surface area contributed by atoms with Gasteiger partial charge in [-0.2, -0.15) is 0 Å². The van der Waals surface area contributed by atoms with Crippen LogP contribution < -0.4 is 10.6 Å². The van der Waals surface area contributed by atoms with Crippen molar-refractivity contribution in [2.75, 3.05) is 18.0 Å². The van der Waals surface area contributed by atoms with E-state index in [9.17, 15) is 0 Å². The highest BCUT2D eigenvalue weighted by Gasteiger charge is 2.37. The second kappa shape index (κ2) is 4.46. The molecule has 1 aromatic carbocycles. The second-order valence-corrected chi connectivity index (χ2v) is 4.88. The van der Waals surface area contributed by atoms with Gasteiger partial charge in [0.25, 0.3) is 0 Å². The maximum Gasteiger partial charge on any atom is 0.0366 e. The van der Waals surface area contributed by atoms with Crippen LogP contribution >= 0.6 is 0 Å². The molecule has 1 aromatic rings. The molecule has 0 amide bonds. The summed E-state index contributed by atoms with van der Waals surface area (Å²) >= 11 is 0. The highest BCUT2D eigenvalue weighted by molar-refractivity contribution is 5.47. The van der Waals surface area contributed by atoms with Crippen LogP contribution in [0.4, 0.5) is 5.69 Å². The fourth-order valence-corrected chi connectivity index (χ4v) is 2.16. The molecule has 88 valence electrons. The first-order valence-corrected chi connectivity index (χ1v) is 6.29. The molecule has 0 unspecified atom stereocenters. The molecule has 0 saturated heterocycles. The van der Waals surface area contributed by atoms with Crippen molar-refractivity contribution in [2.45, 2.75) is 38.6 Å². The van der Waals surface area contributed by atoms with Crippen LogP contribution in [0.2, 0.25) is 0 Å². The molecule has 0 radical (unpaired) electrons. The molecule has 0 aliphatic heterocycles. The molecule has 2 nitrogen and oxygen atoms in total. The molecule has 1 aliphatic rings. The van der Waals surface area contributed by atoms with Gasteiger partial charge < -0.3 is 10.6 Å². The molecular formula is C14H22N2. The standard InChI is InChI=1S/C14H22N2/c1-3-16(4-2)13-7-5-12(6-8-13)11-14(15)9-10-14/h5-8H,3-4,9-11,15H2,1-2H3. The lowest BCUT2D eigenvalue weighted by molar-refractivity contribution is 0.672. The van der Waals surface area contributed by atoms with Gasteiger partial charge in [0, 0.05) is 24.3 Å². The molecule has 2 rings (SSSR count). The van der Waals surface area contributed by atoms with Gasteiger partial charge in [0.05, 0.1) is 0 Å². The summed E-state index contributed by atoms with van der Waals surface area (Å²) in [5.74, 6) is 0. The number of rotatable bonds is 5. The largest absolute Gasteiger partial charge is 0.372 e. The van der Waals surface area contributed by atoms with Gasteiger partial charge in [-0.1, -0.05) is 12.1 Å². The van der Waals surface area contributed by atoms with Crippen molar-refractivity contribution in [1.29, 1.82) is 0 Å². The highest BCUT2D eigenvalue weighted by Crippen LogP contribution is 2.35. The third-order valence-electron chi connectivity index (χ3n) is 3.51. The SMILES string of the molecule is CCN(CC)c1ccc(CC2(N)CC2)cc1. The average molecular weight is 218 g/mol. The summed E-state index contributed by atoms with van der Waals surface area (Å²) in [6.07, 6.45) is 3.40. The Morgan fingerprint density at radius 2 is 1.69 bits per heavy atom. The number of nitrogens with zero attached hydrogens (tertiary/aromatic N) is 1. The molecule has 0 heterocycles. The maximum atomic E-state index is 6.12. The number of anilines is 1. The van der Waals surface area contributed by atoms with Crippen LogP contribution in [-0.2, 0) is 6.42 Å². The number of hydrogen-bond donors (Lipinski definition) is 1. The fraction of sp³-hybridized carbons (Fsp3) is 0.571. The summed E-state index contributed by atoms with van der Waals surface area (Å²) in [5, 5.41) is 0. The van der Waals surface area contributed by atoms with Gasteiger partial charge in [0.1, 0.15) is 0 Å². The van der Waals surface area contributed by atoms with Gasteiger partial charge in [0.15, 0.2) is 0 Å². The van der Waals surface area contributed by atoms with Crippen molar-refractivity contribution in [2.24, 2.45) is 5.73 Å². The Bertz CT molecular complexity index is 334. The van der Waals surface area contributed by atoms with Crippen molar-refractivity contribution in [1.82, 2.24) is 0 Å². The summed E-state index contributed by atoms with van der Waals surface area (Å²) in [4.78, 5) is 2.36. The lowest BCUT2D eigenvalue weighted by Crippen LogP contribution is -2.24. The zero-order valence-corrected chi connectivity index (χ0v) is 10.4. The Morgan fingerprint density at radius 3 is 2.12 bits per heavy atom. The van der Waals surface area contributed by atoms with E-state index in [0.717, 1.165) is 19.5 Å². The van der Waals surface area contributed by atoms with E-state index in [0.29, 0.717) is 0 Å². The quantitative estimate of drug-likeness (QED) is 0.823. The monoisotopic (exact) mass is 218 g/mol. The molecule has 0 spiro atoms. The first-order valence-electron chi connectivity index (χ1n) is 6.29.